The summed E-state index contributed by atoms with van der Waals surface area (Å²) in [6, 6.07) is 0. The van der Waals surface area contributed by atoms with Gasteiger partial charge in [0.05, 0.1) is 0 Å². The predicted octanol–water partition coefficient (Wildman–Crippen LogP) is 3.43. The van der Waals surface area contributed by atoms with Gasteiger partial charge in [-0.3, -0.25) is 0 Å². The summed E-state index contributed by atoms with van der Waals surface area (Å²) in [5, 5.41) is 0. The molecule has 0 heteroatoms. The van der Waals surface area contributed by atoms with E-state index in [0.717, 1.165) is 5.92 Å². The van der Waals surface area contributed by atoms with E-state index >= 15 is 0 Å². The first kappa shape index (κ1) is 9.00. The lowest BCUT2D eigenvalue weighted by Crippen LogP contribution is -1.87. The highest BCUT2D eigenvalue weighted by atomic mass is 14.0. The molecule has 55 valence electrons. The molecule has 0 aromatic rings. The van der Waals surface area contributed by atoms with Crippen molar-refractivity contribution in [1.29, 1.82) is 0 Å². The van der Waals surface area contributed by atoms with Gasteiger partial charge in [-0.25, -0.2) is 0 Å². The van der Waals surface area contributed by atoms with Gasteiger partial charge in [0, 0.05) is 0 Å². The minimum atomic E-state index is 0.849. The van der Waals surface area contributed by atoms with Crippen LogP contribution in [0.5, 0.6) is 0 Å². The zero-order chi connectivity index (χ0) is 7.11. The van der Waals surface area contributed by atoms with Gasteiger partial charge >= 0.3 is 0 Å². The molecule has 0 aromatic heterocycles. The van der Waals surface area contributed by atoms with Crippen molar-refractivity contribution < 1.29 is 0 Å². The molecule has 0 rings (SSSR count). The van der Waals surface area contributed by atoms with Crippen LogP contribution in [-0.2, 0) is 0 Å². The molecule has 0 saturated heterocycles. The minimum absolute atomic E-state index is 0.849. The van der Waals surface area contributed by atoms with Gasteiger partial charge in [0.25, 0.3) is 0 Å². The Morgan fingerprint density at radius 1 is 1.33 bits per heavy atom. The topological polar surface area (TPSA) is 0 Å². The Labute approximate surface area is 59.7 Å². The van der Waals surface area contributed by atoms with Crippen molar-refractivity contribution in [3.8, 4) is 0 Å². The van der Waals surface area contributed by atoms with Crippen molar-refractivity contribution in [2.45, 2.75) is 46.5 Å². The Hall–Kier alpha value is 0. The van der Waals surface area contributed by atoms with Crippen molar-refractivity contribution in [2.75, 3.05) is 0 Å². The van der Waals surface area contributed by atoms with Crippen LogP contribution in [-0.4, -0.2) is 0 Å². The molecule has 0 N–H and O–H groups in total. The van der Waals surface area contributed by atoms with Gasteiger partial charge in [-0.15, -0.1) is 0 Å². The smallest absolute Gasteiger partial charge is 0.0383 e. The molecule has 0 amide bonds. The van der Waals surface area contributed by atoms with Crippen LogP contribution in [0, 0.1) is 12.3 Å². The lowest BCUT2D eigenvalue weighted by atomic mass is 10.1. The molecule has 0 aliphatic carbocycles. The molecule has 0 aliphatic heterocycles. The molecule has 0 aliphatic rings. The van der Waals surface area contributed by atoms with Crippen LogP contribution in [0.1, 0.15) is 46.5 Å². The standard InChI is InChI=1S/C9H19/c1-4-5-6-7-8-9(2)3/h7,9H,4-6,8H2,1-3H3. The van der Waals surface area contributed by atoms with Gasteiger partial charge in [-0.05, 0) is 18.8 Å². The van der Waals surface area contributed by atoms with E-state index in [9.17, 15) is 0 Å². The monoisotopic (exact) mass is 127 g/mol. The van der Waals surface area contributed by atoms with Crippen LogP contribution >= 0.6 is 0 Å². The molecular formula is C9H19. The van der Waals surface area contributed by atoms with Crippen LogP contribution in [0.15, 0.2) is 0 Å². The van der Waals surface area contributed by atoms with Gasteiger partial charge in [0.15, 0.2) is 0 Å². The summed E-state index contributed by atoms with van der Waals surface area (Å²) in [5.74, 6) is 0.849. The van der Waals surface area contributed by atoms with E-state index in [4.69, 9.17) is 0 Å². The second-order valence-electron chi connectivity index (χ2n) is 3.06. The van der Waals surface area contributed by atoms with E-state index in [2.05, 4.69) is 27.2 Å². The Morgan fingerprint density at radius 2 is 2.00 bits per heavy atom. The summed E-state index contributed by atoms with van der Waals surface area (Å²) in [6.07, 6.45) is 7.71. The second-order valence-corrected chi connectivity index (χ2v) is 3.06. The van der Waals surface area contributed by atoms with Gasteiger partial charge in [0.1, 0.15) is 0 Å². The van der Waals surface area contributed by atoms with E-state index in [0.29, 0.717) is 0 Å². The maximum Gasteiger partial charge on any atom is -0.0383 e. The SMILES string of the molecule is CCCC[CH]CC(C)C. The highest BCUT2D eigenvalue weighted by Crippen LogP contribution is 2.07. The lowest BCUT2D eigenvalue weighted by molar-refractivity contribution is 0.608. The summed E-state index contributed by atoms with van der Waals surface area (Å²) in [7, 11) is 0. The average Bonchev–Trinajstić information content (AvgIpc) is 1.80. The van der Waals surface area contributed by atoms with E-state index in [-0.39, 0.29) is 0 Å². The van der Waals surface area contributed by atoms with Crippen molar-refractivity contribution in [3.05, 3.63) is 6.42 Å². The first-order valence-electron chi connectivity index (χ1n) is 4.09. The second kappa shape index (κ2) is 6.12. The molecular weight excluding hydrogens is 108 g/mol. The van der Waals surface area contributed by atoms with Gasteiger partial charge in [-0.1, -0.05) is 40.0 Å². The molecule has 0 heterocycles. The number of unbranched alkanes of at least 4 members (excludes halogenated alkanes) is 3. The first-order chi connectivity index (χ1) is 4.27. The average molecular weight is 127 g/mol. The third-order valence-corrected chi connectivity index (χ3v) is 1.40. The summed E-state index contributed by atoms with van der Waals surface area (Å²) < 4.78 is 0. The van der Waals surface area contributed by atoms with Crippen molar-refractivity contribution in [3.63, 3.8) is 0 Å². The minimum Gasteiger partial charge on any atom is -0.0654 e. The fourth-order valence-electron chi connectivity index (χ4n) is 0.800. The molecule has 0 atom stereocenters. The normalized spacial score (nSPS) is 10.7. The maximum atomic E-state index is 2.41. The fourth-order valence-corrected chi connectivity index (χ4v) is 0.800. The third kappa shape index (κ3) is 8.00. The molecule has 0 saturated carbocycles. The van der Waals surface area contributed by atoms with Gasteiger partial charge in [0.2, 0.25) is 0 Å². The fraction of sp³-hybridized carbons (Fsp3) is 0.889. The maximum absolute atomic E-state index is 2.41. The zero-order valence-corrected chi connectivity index (χ0v) is 6.98. The molecule has 9 heavy (non-hydrogen) atoms. The van der Waals surface area contributed by atoms with Crippen LogP contribution < -0.4 is 0 Å². The Bertz CT molecular complexity index is 46.0. The van der Waals surface area contributed by atoms with E-state index in [1.165, 1.54) is 25.7 Å². The van der Waals surface area contributed by atoms with Crippen LogP contribution in [0.25, 0.3) is 0 Å². The zero-order valence-electron chi connectivity index (χ0n) is 6.98. The quantitative estimate of drug-likeness (QED) is 0.496. The molecule has 0 aromatic carbocycles. The first-order valence-corrected chi connectivity index (χ1v) is 4.09. The largest absolute Gasteiger partial charge is 0.0654 e. The number of hydrogen-bond acceptors (Lipinski definition) is 0. The molecule has 0 fully saturated rings. The lowest BCUT2D eigenvalue weighted by Gasteiger charge is -2.01. The van der Waals surface area contributed by atoms with Crippen LogP contribution in [0.3, 0.4) is 0 Å². The van der Waals surface area contributed by atoms with Gasteiger partial charge < -0.3 is 0 Å². The van der Waals surface area contributed by atoms with E-state index in [1.54, 1.807) is 0 Å². The summed E-state index contributed by atoms with van der Waals surface area (Å²) in [6.45, 7) is 6.77. The summed E-state index contributed by atoms with van der Waals surface area (Å²) >= 11 is 0. The van der Waals surface area contributed by atoms with E-state index in [1.807, 2.05) is 0 Å². The Morgan fingerprint density at radius 3 is 2.44 bits per heavy atom. The number of hydrogen-bond donors (Lipinski definition) is 0. The van der Waals surface area contributed by atoms with Crippen LogP contribution in [0.4, 0.5) is 0 Å². The molecule has 1 radical (unpaired) electrons. The predicted molar refractivity (Wildman–Crippen MR) is 43.3 cm³/mol. The van der Waals surface area contributed by atoms with Crippen LogP contribution in [0.2, 0.25) is 0 Å². The molecule has 0 bridgehead atoms. The summed E-state index contributed by atoms with van der Waals surface area (Å²) in [5.41, 5.74) is 0. The molecule has 0 spiro atoms. The molecule has 0 nitrogen and oxygen atoms in total. The van der Waals surface area contributed by atoms with Gasteiger partial charge in [-0.2, -0.15) is 0 Å². The Kier molecular flexibility index (Phi) is 6.12. The highest BCUT2D eigenvalue weighted by Gasteiger charge is 1.92. The number of rotatable bonds is 5. The molecule has 0 unspecified atom stereocenters. The summed E-state index contributed by atoms with van der Waals surface area (Å²) in [4.78, 5) is 0. The van der Waals surface area contributed by atoms with E-state index < -0.39 is 0 Å². The van der Waals surface area contributed by atoms with Crippen molar-refractivity contribution in [1.82, 2.24) is 0 Å². The van der Waals surface area contributed by atoms with Crippen molar-refractivity contribution >= 4 is 0 Å². The highest BCUT2D eigenvalue weighted by molar-refractivity contribution is 4.65. The third-order valence-electron chi connectivity index (χ3n) is 1.40. The Balaban J connectivity index is 2.75. The van der Waals surface area contributed by atoms with Crippen molar-refractivity contribution in [2.24, 2.45) is 5.92 Å².